The van der Waals surface area contributed by atoms with Gasteiger partial charge >= 0.3 is 0 Å². The number of ether oxygens (including phenoxy) is 1. The molecule has 0 radical (unpaired) electrons. The van der Waals surface area contributed by atoms with Crippen LogP contribution in [-0.2, 0) is 0 Å². The third-order valence-corrected chi connectivity index (χ3v) is 3.62. The van der Waals surface area contributed by atoms with E-state index >= 15 is 0 Å². The van der Waals surface area contributed by atoms with Crippen molar-refractivity contribution in [3.63, 3.8) is 0 Å². The zero-order valence-electron chi connectivity index (χ0n) is 11.6. The van der Waals surface area contributed by atoms with Crippen molar-refractivity contribution < 1.29 is 4.74 Å². The molecule has 3 nitrogen and oxygen atoms in total. The van der Waals surface area contributed by atoms with Crippen LogP contribution in [-0.4, -0.2) is 4.98 Å². The van der Waals surface area contributed by atoms with E-state index in [2.05, 4.69) is 4.98 Å². The molecule has 1 heterocycles. The molecule has 0 aliphatic rings. The van der Waals surface area contributed by atoms with Crippen LogP contribution < -0.4 is 10.5 Å². The van der Waals surface area contributed by atoms with Crippen LogP contribution in [0.3, 0.4) is 0 Å². The summed E-state index contributed by atoms with van der Waals surface area (Å²) in [6, 6.07) is 15.1. The molecule has 0 fully saturated rings. The standard InChI is InChI=1S/C17H15ClN2O/c1-11(19)13-8-7-12(10-15(13)18)21-17-6-2-5-16-14(17)4-3-9-20-16/h2-11H,19H2,1H3. The van der Waals surface area contributed by atoms with Crippen molar-refractivity contribution >= 4 is 22.5 Å². The van der Waals surface area contributed by atoms with Crippen molar-refractivity contribution in [1.29, 1.82) is 0 Å². The largest absolute Gasteiger partial charge is 0.457 e. The van der Waals surface area contributed by atoms with Gasteiger partial charge in [0.05, 0.1) is 5.52 Å². The molecule has 1 unspecified atom stereocenters. The van der Waals surface area contributed by atoms with E-state index in [0.717, 1.165) is 22.2 Å². The maximum Gasteiger partial charge on any atom is 0.136 e. The predicted molar refractivity (Wildman–Crippen MR) is 85.9 cm³/mol. The number of fused-ring (bicyclic) bond motifs is 1. The average molecular weight is 299 g/mol. The lowest BCUT2D eigenvalue weighted by Crippen LogP contribution is -2.05. The van der Waals surface area contributed by atoms with Gasteiger partial charge in [-0.2, -0.15) is 0 Å². The van der Waals surface area contributed by atoms with E-state index in [-0.39, 0.29) is 6.04 Å². The highest BCUT2D eigenvalue weighted by Gasteiger charge is 2.08. The summed E-state index contributed by atoms with van der Waals surface area (Å²) in [6.45, 7) is 1.90. The van der Waals surface area contributed by atoms with E-state index in [1.807, 2.05) is 49.4 Å². The molecule has 0 aliphatic carbocycles. The van der Waals surface area contributed by atoms with Crippen LogP contribution in [0.25, 0.3) is 10.9 Å². The van der Waals surface area contributed by atoms with Crippen LogP contribution in [0.4, 0.5) is 0 Å². The topological polar surface area (TPSA) is 48.1 Å². The third-order valence-electron chi connectivity index (χ3n) is 3.30. The van der Waals surface area contributed by atoms with Gasteiger partial charge in [-0.05, 0) is 48.9 Å². The lowest BCUT2D eigenvalue weighted by molar-refractivity contribution is 0.488. The van der Waals surface area contributed by atoms with Crippen molar-refractivity contribution in [3.05, 3.63) is 65.3 Å². The number of pyridine rings is 1. The minimum atomic E-state index is -0.103. The Kier molecular flexibility index (Phi) is 3.78. The van der Waals surface area contributed by atoms with Gasteiger partial charge < -0.3 is 10.5 Å². The number of aromatic nitrogens is 1. The Morgan fingerprint density at radius 1 is 1.14 bits per heavy atom. The summed E-state index contributed by atoms with van der Waals surface area (Å²) in [5, 5.41) is 1.58. The number of nitrogens with two attached hydrogens (primary N) is 1. The summed E-state index contributed by atoms with van der Waals surface area (Å²) < 4.78 is 5.94. The van der Waals surface area contributed by atoms with Crippen LogP contribution in [0.15, 0.2) is 54.7 Å². The van der Waals surface area contributed by atoms with Crippen molar-refractivity contribution in [2.75, 3.05) is 0 Å². The summed E-state index contributed by atoms with van der Waals surface area (Å²) in [5.74, 6) is 1.44. The van der Waals surface area contributed by atoms with Gasteiger partial charge in [-0.25, -0.2) is 0 Å². The molecule has 3 aromatic rings. The van der Waals surface area contributed by atoms with Gasteiger partial charge in [-0.1, -0.05) is 23.7 Å². The number of benzene rings is 2. The van der Waals surface area contributed by atoms with Gasteiger partial charge in [0.15, 0.2) is 0 Å². The minimum Gasteiger partial charge on any atom is -0.457 e. The molecule has 0 amide bonds. The maximum atomic E-state index is 6.24. The highest BCUT2D eigenvalue weighted by molar-refractivity contribution is 6.31. The SMILES string of the molecule is CC(N)c1ccc(Oc2cccc3ncccc23)cc1Cl. The predicted octanol–water partition coefficient (Wildman–Crippen LogP) is 4.70. The zero-order valence-corrected chi connectivity index (χ0v) is 12.3. The zero-order chi connectivity index (χ0) is 14.8. The van der Waals surface area contributed by atoms with Crippen LogP contribution in [0, 0.1) is 0 Å². The van der Waals surface area contributed by atoms with Gasteiger partial charge in [0, 0.05) is 22.6 Å². The normalized spacial score (nSPS) is 12.3. The van der Waals surface area contributed by atoms with Crippen molar-refractivity contribution in [2.24, 2.45) is 5.73 Å². The lowest BCUT2D eigenvalue weighted by atomic mass is 10.1. The molecule has 0 bridgehead atoms. The summed E-state index contributed by atoms with van der Waals surface area (Å²) in [6.07, 6.45) is 1.76. The number of rotatable bonds is 3. The molecular formula is C17H15ClN2O. The molecule has 0 aliphatic heterocycles. The molecule has 2 aromatic carbocycles. The first-order chi connectivity index (χ1) is 10.1. The fourth-order valence-electron chi connectivity index (χ4n) is 2.23. The maximum absolute atomic E-state index is 6.24. The Bertz CT molecular complexity index is 781. The monoisotopic (exact) mass is 298 g/mol. The molecular weight excluding hydrogens is 284 g/mol. The summed E-state index contributed by atoms with van der Waals surface area (Å²) >= 11 is 6.24. The first-order valence-corrected chi connectivity index (χ1v) is 7.09. The highest BCUT2D eigenvalue weighted by atomic mass is 35.5. The number of hydrogen-bond donors (Lipinski definition) is 1. The van der Waals surface area contributed by atoms with Crippen molar-refractivity contribution in [2.45, 2.75) is 13.0 Å². The highest BCUT2D eigenvalue weighted by Crippen LogP contribution is 2.32. The molecule has 2 N–H and O–H groups in total. The number of hydrogen-bond acceptors (Lipinski definition) is 3. The number of halogens is 1. The Labute approximate surface area is 128 Å². The van der Waals surface area contributed by atoms with E-state index in [1.165, 1.54) is 0 Å². The van der Waals surface area contributed by atoms with Crippen LogP contribution >= 0.6 is 11.6 Å². The van der Waals surface area contributed by atoms with Crippen LogP contribution in [0.1, 0.15) is 18.5 Å². The second-order valence-electron chi connectivity index (χ2n) is 4.90. The molecule has 0 saturated heterocycles. The van der Waals surface area contributed by atoms with Gasteiger partial charge in [0.1, 0.15) is 11.5 Å². The summed E-state index contributed by atoms with van der Waals surface area (Å²) in [5.41, 5.74) is 7.66. The lowest BCUT2D eigenvalue weighted by Gasteiger charge is -2.12. The second kappa shape index (κ2) is 5.72. The molecule has 0 saturated carbocycles. The first kappa shape index (κ1) is 13.9. The fraction of sp³-hybridized carbons (Fsp3) is 0.118. The smallest absolute Gasteiger partial charge is 0.136 e. The first-order valence-electron chi connectivity index (χ1n) is 6.72. The number of nitrogens with zero attached hydrogens (tertiary/aromatic N) is 1. The van der Waals surface area contributed by atoms with Gasteiger partial charge in [0.2, 0.25) is 0 Å². The van der Waals surface area contributed by atoms with E-state index in [4.69, 9.17) is 22.1 Å². The van der Waals surface area contributed by atoms with E-state index in [1.54, 1.807) is 12.3 Å². The molecule has 1 aromatic heterocycles. The quantitative estimate of drug-likeness (QED) is 0.762. The Hall–Kier alpha value is -2.10. The van der Waals surface area contributed by atoms with Gasteiger partial charge in [-0.15, -0.1) is 0 Å². The van der Waals surface area contributed by atoms with Gasteiger partial charge in [-0.3, -0.25) is 4.98 Å². The van der Waals surface area contributed by atoms with Crippen molar-refractivity contribution in [3.8, 4) is 11.5 Å². The van der Waals surface area contributed by atoms with Gasteiger partial charge in [0.25, 0.3) is 0 Å². The van der Waals surface area contributed by atoms with E-state index < -0.39 is 0 Å². The third kappa shape index (κ3) is 2.84. The summed E-state index contributed by atoms with van der Waals surface area (Å²) in [7, 11) is 0. The Balaban J connectivity index is 1.97. The van der Waals surface area contributed by atoms with Crippen LogP contribution in [0.2, 0.25) is 5.02 Å². The Morgan fingerprint density at radius 3 is 2.76 bits per heavy atom. The van der Waals surface area contributed by atoms with Crippen LogP contribution in [0.5, 0.6) is 11.5 Å². The molecule has 0 spiro atoms. The van der Waals surface area contributed by atoms with Crippen molar-refractivity contribution in [1.82, 2.24) is 4.98 Å². The molecule has 106 valence electrons. The van der Waals surface area contributed by atoms with E-state index in [0.29, 0.717) is 10.8 Å². The Morgan fingerprint density at radius 2 is 2.00 bits per heavy atom. The summed E-state index contributed by atoms with van der Waals surface area (Å²) in [4.78, 5) is 4.32. The molecule has 21 heavy (non-hydrogen) atoms. The van der Waals surface area contributed by atoms with E-state index in [9.17, 15) is 0 Å². The minimum absolute atomic E-state index is 0.103. The fourth-order valence-corrected chi connectivity index (χ4v) is 2.57. The molecule has 3 rings (SSSR count). The molecule has 4 heteroatoms. The molecule has 1 atom stereocenters. The second-order valence-corrected chi connectivity index (χ2v) is 5.31. The average Bonchev–Trinajstić information content (AvgIpc) is 2.47.